The summed E-state index contributed by atoms with van der Waals surface area (Å²) in [6.45, 7) is 2.39. The van der Waals surface area contributed by atoms with Gasteiger partial charge in [-0.25, -0.2) is 4.79 Å². The first kappa shape index (κ1) is 16.8. The lowest BCUT2D eigenvalue weighted by Crippen LogP contribution is -2.47. The fourth-order valence-electron chi connectivity index (χ4n) is 2.75. The maximum atomic E-state index is 11.9. The third-order valence-electron chi connectivity index (χ3n) is 4.07. The predicted octanol–water partition coefficient (Wildman–Crippen LogP) is 1.99. The lowest BCUT2D eigenvalue weighted by Gasteiger charge is -2.28. The number of piperazine rings is 1. The summed E-state index contributed by atoms with van der Waals surface area (Å²) in [6.07, 6.45) is 0.796. The summed E-state index contributed by atoms with van der Waals surface area (Å²) < 4.78 is 0. The second-order valence-electron chi connectivity index (χ2n) is 5.93. The molecule has 3 amide bonds. The number of hydrogen-bond acceptors (Lipinski definition) is 3. The topological polar surface area (TPSA) is 73.5 Å². The van der Waals surface area contributed by atoms with Gasteiger partial charge in [0, 0.05) is 31.0 Å². The van der Waals surface area contributed by atoms with E-state index in [9.17, 15) is 9.59 Å². The van der Waals surface area contributed by atoms with E-state index in [1.807, 2.05) is 59.5 Å². The van der Waals surface area contributed by atoms with E-state index < -0.39 is 0 Å². The van der Waals surface area contributed by atoms with Crippen LogP contribution in [-0.4, -0.2) is 38.1 Å². The summed E-state index contributed by atoms with van der Waals surface area (Å²) in [4.78, 5) is 25.4. The molecule has 6 heteroatoms. The Morgan fingerprint density at radius 3 is 2.56 bits per heavy atom. The first-order chi connectivity index (χ1) is 12.2. The number of nitrogens with one attached hydrogen (secondary N) is 3. The van der Waals surface area contributed by atoms with Gasteiger partial charge in [-0.2, -0.15) is 0 Å². The van der Waals surface area contributed by atoms with E-state index in [4.69, 9.17) is 0 Å². The van der Waals surface area contributed by atoms with Gasteiger partial charge in [0.25, 0.3) is 0 Å². The average Bonchev–Trinajstić information content (AvgIpc) is 2.63. The van der Waals surface area contributed by atoms with Crippen molar-refractivity contribution in [3.63, 3.8) is 0 Å². The highest BCUT2D eigenvalue weighted by Gasteiger charge is 2.16. The standard InChI is InChI=1S/C19H22N4O2/c24-18-14-23(13-12-20-18)17-8-6-16(7-9-17)22-19(25)21-11-10-15-4-2-1-3-5-15/h1-9H,10-14H2,(H,20,24)(H2,21,22,25). The fraction of sp³-hybridized carbons (Fsp3) is 0.263. The molecule has 0 saturated carbocycles. The largest absolute Gasteiger partial charge is 0.360 e. The molecule has 0 spiro atoms. The SMILES string of the molecule is O=C1CN(c2ccc(NC(=O)NCCc3ccccc3)cc2)CCN1. The van der Waals surface area contributed by atoms with Crippen LogP contribution in [-0.2, 0) is 11.2 Å². The molecule has 2 aromatic carbocycles. The minimum absolute atomic E-state index is 0.0336. The van der Waals surface area contributed by atoms with E-state index in [0.717, 1.165) is 24.3 Å². The maximum absolute atomic E-state index is 11.9. The molecule has 1 saturated heterocycles. The van der Waals surface area contributed by atoms with Crippen molar-refractivity contribution in [1.82, 2.24) is 10.6 Å². The van der Waals surface area contributed by atoms with E-state index in [2.05, 4.69) is 16.0 Å². The van der Waals surface area contributed by atoms with E-state index in [-0.39, 0.29) is 11.9 Å². The number of nitrogens with zero attached hydrogens (tertiary/aromatic N) is 1. The monoisotopic (exact) mass is 338 g/mol. The molecule has 0 radical (unpaired) electrons. The van der Waals surface area contributed by atoms with Gasteiger partial charge in [-0.05, 0) is 36.2 Å². The summed E-state index contributed by atoms with van der Waals surface area (Å²) in [6, 6.07) is 17.3. The summed E-state index contributed by atoms with van der Waals surface area (Å²) in [5.41, 5.74) is 2.89. The van der Waals surface area contributed by atoms with Crippen LogP contribution in [0.3, 0.4) is 0 Å². The van der Waals surface area contributed by atoms with Crippen LogP contribution in [0.2, 0.25) is 0 Å². The zero-order chi connectivity index (χ0) is 17.5. The number of amides is 3. The van der Waals surface area contributed by atoms with Crippen LogP contribution < -0.4 is 20.9 Å². The first-order valence-corrected chi connectivity index (χ1v) is 8.41. The van der Waals surface area contributed by atoms with Crippen molar-refractivity contribution in [2.45, 2.75) is 6.42 Å². The zero-order valence-electron chi connectivity index (χ0n) is 14.0. The van der Waals surface area contributed by atoms with Gasteiger partial charge in [0.2, 0.25) is 5.91 Å². The Balaban J connectivity index is 1.46. The second-order valence-corrected chi connectivity index (χ2v) is 5.93. The van der Waals surface area contributed by atoms with Crippen LogP contribution in [0.15, 0.2) is 54.6 Å². The molecule has 3 rings (SSSR count). The van der Waals surface area contributed by atoms with Gasteiger partial charge in [0.05, 0.1) is 6.54 Å². The van der Waals surface area contributed by atoms with Gasteiger partial charge < -0.3 is 20.9 Å². The number of carbonyl (C=O) groups excluding carboxylic acids is 2. The lowest BCUT2D eigenvalue weighted by molar-refractivity contribution is -0.120. The Kier molecular flexibility index (Phi) is 5.51. The smallest absolute Gasteiger partial charge is 0.319 e. The van der Waals surface area contributed by atoms with Crippen LogP contribution >= 0.6 is 0 Å². The molecule has 1 aliphatic heterocycles. The molecule has 130 valence electrons. The predicted molar refractivity (Wildman–Crippen MR) is 98.8 cm³/mol. The molecule has 0 aliphatic carbocycles. The van der Waals surface area contributed by atoms with Crippen molar-refractivity contribution in [3.05, 3.63) is 60.2 Å². The number of hydrogen-bond donors (Lipinski definition) is 3. The Labute approximate surface area is 147 Å². The average molecular weight is 338 g/mol. The molecule has 0 atom stereocenters. The number of carbonyl (C=O) groups is 2. The third kappa shape index (κ3) is 4.97. The van der Waals surface area contributed by atoms with Crippen LogP contribution in [0.25, 0.3) is 0 Å². The van der Waals surface area contributed by atoms with Gasteiger partial charge in [-0.3, -0.25) is 4.79 Å². The third-order valence-corrected chi connectivity index (χ3v) is 4.07. The van der Waals surface area contributed by atoms with Gasteiger partial charge in [0.15, 0.2) is 0 Å². The van der Waals surface area contributed by atoms with Crippen molar-refractivity contribution in [2.24, 2.45) is 0 Å². The molecule has 2 aromatic rings. The highest BCUT2D eigenvalue weighted by atomic mass is 16.2. The van der Waals surface area contributed by atoms with Crippen LogP contribution in [0.1, 0.15) is 5.56 Å². The number of anilines is 2. The van der Waals surface area contributed by atoms with Crippen LogP contribution in [0.4, 0.5) is 16.2 Å². The highest BCUT2D eigenvalue weighted by molar-refractivity contribution is 5.89. The molecule has 25 heavy (non-hydrogen) atoms. The molecule has 0 bridgehead atoms. The van der Waals surface area contributed by atoms with E-state index >= 15 is 0 Å². The Hall–Kier alpha value is -3.02. The lowest BCUT2D eigenvalue weighted by atomic mass is 10.1. The first-order valence-electron chi connectivity index (χ1n) is 8.41. The fourth-order valence-corrected chi connectivity index (χ4v) is 2.75. The van der Waals surface area contributed by atoms with Gasteiger partial charge >= 0.3 is 6.03 Å². The number of benzene rings is 2. The molecule has 0 aromatic heterocycles. The highest BCUT2D eigenvalue weighted by Crippen LogP contribution is 2.18. The van der Waals surface area contributed by atoms with Crippen LogP contribution in [0, 0.1) is 0 Å². The molecule has 3 N–H and O–H groups in total. The molecule has 1 fully saturated rings. The Morgan fingerprint density at radius 1 is 1.08 bits per heavy atom. The molecule has 1 heterocycles. The quantitative estimate of drug-likeness (QED) is 0.780. The molecular formula is C19H22N4O2. The second kappa shape index (κ2) is 8.19. The minimum Gasteiger partial charge on any atom is -0.360 e. The molecular weight excluding hydrogens is 316 g/mol. The number of rotatable bonds is 5. The van der Waals surface area contributed by atoms with E-state index in [1.165, 1.54) is 5.56 Å². The molecule has 0 unspecified atom stereocenters. The summed E-state index contributed by atoms with van der Waals surface area (Å²) in [5.74, 6) is 0.0336. The number of urea groups is 1. The Bertz CT molecular complexity index is 716. The maximum Gasteiger partial charge on any atom is 0.319 e. The van der Waals surface area contributed by atoms with E-state index in [1.54, 1.807) is 0 Å². The van der Waals surface area contributed by atoms with Crippen molar-refractivity contribution < 1.29 is 9.59 Å². The van der Waals surface area contributed by atoms with Crippen molar-refractivity contribution >= 4 is 23.3 Å². The van der Waals surface area contributed by atoms with Crippen molar-refractivity contribution in [3.8, 4) is 0 Å². The van der Waals surface area contributed by atoms with Crippen molar-refractivity contribution in [2.75, 3.05) is 36.4 Å². The van der Waals surface area contributed by atoms with Crippen molar-refractivity contribution in [1.29, 1.82) is 0 Å². The minimum atomic E-state index is -0.221. The molecule has 6 nitrogen and oxygen atoms in total. The summed E-state index contributed by atoms with van der Waals surface area (Å²) in [5, 5.41) is 8.47. The zero-order valence-corrected chi connectivity index (χ0v) is 14.0. The summed E-state index contributed by atoms with van der Waals surface area (Å²) in [7, 11) is 0. The summed E-state index contributed by atoms with van der Waals surface area (Å²) >= 11 is 0. The molecule has 1 aliphatic rings. The van der Waals surface area contributed by atoms with Gasteiger partial charge in [-0.15, -0.1) is 0 Å². The normalized spacial score (nSPS) is 13.9. The van der Waals surface area contributed by atoms with Gasteiger partial charge in [-0.1, -0.05) is 30.3 Å². The Morgan fingerprint density at radius 2 is 1.84 bits per heavy atom. The van der Waals surface area contributed by atoms with Gasteiger partial charge in [0.1, 0.15) is 0 Å². The van der Waals surface area contributed by atoms with Crippen LogP contribution in [0.5, 0.6) is 0 Å². The van der Waals surface area contributed by atoms with E-state index in [0.29, 0.717) is 19.6 Å².